The Bertz CT molecular complexity index is 1090. The summed E-state index contributed by atoms with van der Waals surface area (Å²) in [6, 6.07) is 0. The van der Waals surface area contributed by atoms with E-state index in [1.165, 1.54) is 6.42 Å². The molecule has 5 saturated carbocycles. The molecule has 5 rings (SSSR count). The molecule has 0 aromatic heterocycles. The van der Waals surface area contributed by atoms with Crippen LogP contribution in [0.4, 0.5) is 4.79 Å². The highest BCUT2D eigenvalue weighted by Gasteiger charge is 2.72. The van der Waals surface area contributed by atoms with Gasteiger partial charge in [-0.15, -0.1) is 0 Å². The van der Waals surface area contributed by atoms with Gasteiger partial charge in [-0.2, -0.15) is 0 Å². The summed E-state index contributed by atoms with van der Waals surface area (Å²) in [5.41, 5.74) is -0.106. The molecule has 0 spiro atoms. The number of carbonyl (C=O) groups is 3. The van der Waals surface area contributed by atoms with Crippen molar-refractivity contribution in [1.82, 2.24) is 5.32 Å². The maximum Gasteiger partial charge on any atom is 0.508 e. The highest BCUT2D eigenvalue weighted by Crippen LogP contribution is 2.77. The summed E-state index contributed by atoms with van der Waals surface area (Å²) in [6.07, 6.45) is 9.72. The van der Waals surface area contributed by atoms with Crippen molar-refractivity contribution in [1.29, 1.82) is 0 Å². The van der Waals surface area contributed by atoms with Crippen LogP contribution < -0.4 is 5.32 Å². The fourth-order valence-corrected chi connectivity index (χ4v) is 12.6. The SMILES string of the molecule is CCOC(=O)O[C@@H]1CC[C@@]2(C)C(CC[C@]3(C)C2CCC2[C@@H]4[C@H](C(C)C)CC[C@]4(C(=O)NCC(=O)O)CC[C@]23C)C1(C)C. The quantitative estimate of drug-likeness (QED) is 0.313. The van der Waals surface area contributed by atoms with Crippen LogP contribution in [-0.2, 0) is 19.1 Å². The molecule has 42 heavy (non-hydrogen) atoms. The molecule has 0 radical (unpaired) electrons. The molecule has 0 aromatic rings. The van der Waals surface area contributed by atoms with Crippen LogP contribution in [0.2, 0.25) is 0 Å². The van der Waals surface area contributed by atoms with Crippen LogP contribution in [0.5, 0.6) is 0 Å². The van der Waals surface area contributed by atoms with Crippen molar-refractivity contribution >= 4 is 18.0 Å². The van der Waals surface area contributed by atoms with Crippen LogP contribution in [0.25, 0.3) is 0 Å². The second-order valence-electron chi connectivity index (χ2n) is 16.5. The molecule has 7 nitrogen and oxygen atoms in total. The second-order valence-corrected chi connectivity index (χ2v) is 16.5. The Hall–Kier alpha value is -1.79. The van der Waals surface area contributed by atoms with E-state index in [1.54, 1.807) is 0 Å². The van der Waals surface area contributed by atoms with Crippen LogP contribution in [0.15, 0.2) is 0 Å². The van der Waals surface area contributed by atoms with Crippen LogP contribution in [-0.4, -0.2) is 42.4 Å². The Balaban J connectivity index is 1.46. The van der Waals surface area contributed by atoms with Crippen LogP contribution in [0.3, 0.4) is 0 Å². The molecule has 10 atom stereocenters. The lowest BCUT2D eigenvalue weighted by molar-refractivity contribution is -0.248. The third kappa shape index (κ3) is 4.44. The van der Waals surface area contributed by atoms with Crippen molar-refractivity contribution in [2.24, 2.45) is 62.6 Å². The molecule has 0 heterocycles. The lowest BCUT2D eigenvalue weighted by Gasteiger charge is -2.73. The normalized spacial score (nSPS) is 45.5. The molecule has 0 saturated heterocycles. The summed E-state index contributed by atoms with van der Waals surface area (Å²) in [4.78, 5) is 37.6. The number of carbonyl (C=O) groups excluding carboxylic acids is 2. The van der Waals surface area contributed by atoms with Crippen molar-refractivity contribution in [3.8, 4) is 0 Å². The smallest absolute Gasteiger partial charge is 0.480 e. The van der Waals surface area contributed by atoms with E-state index in [9.17, 15) is 19.5 Å². The zero-order chi connectivity index (χ0) is 30.9. The van der Waals surface area contributed by atoms with Crippen LogP contribution in [0, 0.1) is 62.6 Å². The maximum absolute atomic E-state index is 13.9. The molecule has 2 N–H and O–H groups in total. The van der Waals surface area contributed by atoms with Crippen LogP contribution >= 0.6 is 0 Å². The summed E-state index contributed by atoms with van der Waals surface area (Å²) >= 11 is 0. The predicted octanol–water partition coefficient (Wildman–Crippen LogP) is 7.47. The minimum atomic E-state index is -0.973. The number of hydrogen-bond acceptors (Lipinski definition) is 5. The fourth-order valence-electron chi connectivity index (χ4n) is 12.6. The zero-order valence-corrected chi connectivity index (χ0v) is 27.5. The van der Waals surface area contributed by atoms with Gasteiger partial charge in [0.25, 0.3) is 0 Å². The van der Waals surface area contributed by atoms with Crippen LogP contribution in [0.1, 0.15) is 120 Å². The molecule has 0 aromatic carbocycles. The Morgan fingerprint density at radius 1 is 0.857 bits per heavy atom. The Labute approximate surface area is 253 Å². The van der Waals surface area contributed by atoms with Gasteiger partial charge in [0.1, 0.15) is 12.6 Å². The van der Waals surface area contributed by atoms with Gasteiger partial charge in [-0.05, 0) is 123 Å². The van der Waals surface area contributed by atoms with E-state index in [-0.39, 0.29) is 40.2 Å². The van der Waals surface area contributed by atoms with Crippen molar-refractivity contribution < 1.29 is 29.0 Å². The first-order valence-electron chi connectivity index (χ1n) is 16.9. The Kier molecular flexibility index (Phi) is 8.04. The summed E-state index contributed by atoms with van der Waals surface area (Å²) in [7, 11) is 0. The first-order chi connectivity index (χ1) is 19.6. The van der Waals surface area contributed by atoms with Crippen molar-refractivity contribution in [3.63, 3.8) is 0 Å². The molecule has 238 valence electrons. The third-order valence-corrected chi connectivity index (χ3v) is 14.6. The number of aliphatic carboxylic acids is 1. The lowest BCUT2D eigenvalue weighted by Crippen LogP contribution is -2.67. The topological polar surface area (TPSA) is 102 Å². The number of rotatable bonds is 6. The van der Waals surface area contributed by atoms with Gasteiger partial charge in [-0.1, -0.05) is 48.5 Å². The molecule has 7 heteroatoms. The highest BCUT2D eigenvalue weighted by molar-refractivity contribution is 5.86. The van der Waals surface area contributed by atoms with Gasteiger partial charge in [-0.25, -0.2) is 4.79 Å². The number of fused-ring (bicyclic) bond motifs is 7. The Morgan fingerprint density at radius 2 is 1.57 bits per heavy atom. The van der Waals surface area contributed by atoms with E-state index in [1.807, 2.05) is 6.92 Å². The number of amides is 1. The lowest BCUT2D eigenvalue weighted by atomic mass is 9.32. The van der Waals surface area contributed by atoms with E-state index >= 15 is 0 Å². The van der Waals surface area contributed by atoms with Crippen molar-refractivity contribution in [2.75, 3.05) is 13.2 Å². The third-order valence-electron chi connectivity index (χ3n) is 14.6. The predicted molar refractivity (Wildman–Crippen MR) is 162 cm³/mol. The Morgan fingerprint density at radius 3 is 2.21 bits per heavy atom. The van der Waals surface area contributed by atoms with E-state index in [2.05, 4.69) is 53.8 Å². The standard InChI is InChI=1S/C35H57NO6/c1-9-41-30(40)42-26-14-15-32(6)24(31(26,4)5)13-16-34(8)25(32)11-10-23-28-22(21(2)3)12-17-35(28,19-18-33(23,34)7)29(39)36-20-27(37)38/h21-26,28H,9-20H2,1-8H3,(H,36,39)(H,37,38)/t22-,23?,24?,25?,26+,28-,32-,33+,34+,35-/m0/s1. The number of hydrogen-bond donors (Lipinski definition) is 2. The number of ether oxygens (including phenoxy) is 2. The first kappa shape index (κ1) is 31.6. The van der Waals surface area contributed by atoms with Gasteiger partial charge >= 0.3 is 12.1 Å². The first-order valence-corrected chi connectivity index (χ1v) is 16.9. The molecular weight excluding hydrogens is 530 g/mol. The molecule has 5 fully saturated rings. The number of carboxylic acids is 1. The van der Waals surface area contributed by atoms with E-state index < -0.39 is 17.5 Å². The molecular formula is C35H57NO6. The molecule has 3 unspecified atom stereocenters. The fraction of sp³-hybridized carbons (Fsp3) is 0.914. The average Bonchev–Trinajstić information content (AvgIpc) is 3.31. The second kappa shape index (κ2) is 10.7. The largest absolute Gasteiger partial charge is 0.508 e. The number of nitrogens with one attached hydrogen (secondary N) is 1. The molecule has 0 bridgehead atoms. The summed E-state index contributed by atoms with van der Waals surface area (Å²) in [6.45, 7) is 18.8. The molecule has 5 aliphatic rings. The summed E-state index contributed by atoms with van der Waals surface area (Å²) in [5, 5.41) is 12.2. The van der Waals surface area contributed by atoms with Gasteiger partial charge in [0.15, 0.2) is 0 Å². The highest BCUT2D eigenvalue weighted by atomic mass is 16.7. The van der Waals surface area contributed by atoms with E-state index in [4.69, 9.17) is 9.47 Å². The average molecular weight is 588 g/mol. The van der Waals surface area contributed by atoms with E-state index in [0.29, 0.717) is 42.1 Å². The van der Waals surface area contributed by atoms with Gasteiger partial charge in [0.05, 0.1) is 12.0 Å². The van der Waals surface area contributed by atoms with Crippen molar-refractivity contribution in [2.45, 2.75) is 126 Å². The van der Waals surface area contributed by atoms with Gasteiger partial charge in [0.2, 0.25) is 5.91 Å². The van der Waals surface area contributed by atoms with Gasteiger partial charge in [-0.3, -0.25) is 9.59 Å². The van der Waals surface area contributed by atoms with Crippen molar-refractivity contribution in [3.05, 3.63) is 0 Å². The van der Waals surface area contributed by atoms with Gasteiger partial charge < -0.3 is 19.9 Å². The molecule has 1 amide bonds. The summed E-state index contributed by atoms with van der Waals surface area (Å²) < 4.78 is 11.1. The monoisotopic (exact) mass is 587 g/mol. The summed E-state index contributed by atoms with van der Waals surface area (Å²) in [5.74, 6) is 1.83. The van der Waals surface area contributed by atoms with E-state index in [0.717, 1.165) is 57.8 Å². The zero-order valence-electron chi connectivity index (χ0n) is 27.5. The van der Waals surface area contributed by atoms with Gasteiger partial charge in [0, 0.05) is 5.41 Å². The minimum absolute atomic E-state index is 0.00952. The molecule has 5 aliphatic carbocycles. The number of carboxylic acid groups (broad SMARTS) is 1. The molecule has 0 aliphatic heterocycles. The maximum atomic E-state index is 13.9. The minimum Gasteiger partial charge on any atom is -0.480 e.